The highest BCUT2D eigenvalue weighted by Gasteiger charge is 2.30. The Morgan fingerprint density at radius 3 is 2.85 bits per heavy atom. The molecule has 4 rings (SSSR count). The van der Waals surface area contributed by atoms with Gasteiger partial charge in [0.05, 0.1) is 35.6 Å². The molecule has 0 saturated carbocycles. The molecule has 142 valence electrons. The van der Waals surface area contributed by atoms with Gasteiger partial charge in [0.2, 0.25) is 0 Å². The van der Waals surface area contributed by atoms with Crippen LogP contribution in [0, 0.1) is 0 Å². The number of halogens is 3. The molecular weight excluding hydrogens is 355 g/mol. The molecule has 0 unspecified atom stereocenters. The average Bonchev–Trinajstić information content (AvgIpc) is 3.02. The van der Waals surface area contributed by atoms with Crippen molar-refractivity contribution >= 4 is 11.0 Å². The fraction of sp³-hybridized carbons (Fsp3) is 0.350. The number of ether oxygens (including phenoxy) is 1. The molecule has 1 aliphatic rings. The number of aryl methyl sites for hydroxylation is 1. The monoisotopic (exact) mass is 375 g/mol. The van der Waals surface area contributed by atoms with Crippen LogP contribution in [-0.2, 0) is 24.5 Å². The first kappa shape index (κ1) is 18.0. The highest BCUT2D eigenvalue weighted by molar-refractivity contribution is 5.76. The summed E-state index contributed by atoms with van der Waals surface area (Å²) in [5, 5.41) is 0. The summed E-state index contributed by atoms with van der Waals surface area (Å²) in [5.74, 6) is 0. The molecule has 0 bridgehead atoms. The van der Waals surface area contributed by atoms with E-state index in [1.54, 1.807) is 12.4 Å². The molecule has 0 spiro atoms. The minimum absolute atomic E-state index is 0.108. The Morgan fingerprint density at radius 1 is 1.19 bits per heavy atom. The molecule has 1 atom stereocenters. The van der Waals surface area contributed by atoms with Crippen LogP contribution in [-0.4, -0.2) is 34.1 Å². The predicted molar refractivity (Wildman–Crippen MR) is 96.1 cm³/mol. The van der Waals surface area contributed by atoms with Gasteiger partial charge in [-0.05, 0) is 29.3 Å². The lowest BCUT2D eigenvalue weighted by molar-refractivity contribution is -0.137. The number of imidazole rings is 1. The van der Waals surface area contributed by atoms with Gasteiger partial charge in [0.15, 0.2) is 0 Å². The van der Waals surface area contributed by atoms with Gasteiger partial charge in [0.25, 0.3) is 0 Å². The van der Waals surface area contributed by atoms with E-state index in [1.807, 2.05) is 23.7 Å². The summed E-state index contributed by atoms with van der Waals surface area (Å²) in [7, 11) is 1.95. The first-order valence-corrected chi connectivity index (χ1v) is 8.81. The number of rotatable bonds is 3. The number of morpholine rings is 1. The maximum Gasteiger partial charge on any atom is 0.416 e. The van der Waals surface area contributed by atoms with Crippen LogP contribution in [0.15, 0.2) is 48.8 Å². The van der Waals surface area contributed by atoms with Crippen molar-refractivity contribution in [2.45, 2.75) is 18.8 Å². The normalized spacial score (nSPS) is 18.9. The van der Waals surface area contributed by atoms with Crippen molar-refractivity contribution in [3.05, 3.63) is 65.5 Å². The number of nitrogens with zero attached hydrogens (tertiary/aromatic N) is 3. The van der Waals surface area contributed by atoms with Crippen LogP contribution in [0.1, 0.15) is 22.8 Å². The Morgan fingerprint density at radius 2 is 2.04 bits per heavy atom. The molecule has 2 aromatic carbocycles. The molecule has 27 heavy (non-hydrogen) atoms. The van der Waals surface area contributed by atoms with Crippen LogP contribution in [0.25, 0.3) is 11.0 Å². The van der Waals surface area contributed by atoms with E-state index in [0.717, 1.165) is 22.7 Å². The molecule has 1 aromatic heterocycles. The van der Waals surface area contributed by atoms with Crippen molar-refractivity contribution in [2.24, 2.45) is 7.05 Å². The third kappa shape index (κ3) is 3.84. The summed E-state index contributed by atoms with van der Waals surface area (Å²) >= 11 is 0. The molecule has 4 nitrogen and oxygen atoms in total. The zero-order valence-electron chi connectivity index (χ0n) is 14.9. The average molecular weight is 375 g/mol. The number of benzene rings is 2. The highest BCUT2D eigenvalue weighted by atomic mass is 19.4. The van der Waals surface area contributed by atoms with Crippen molar-refractivity contribution in [1.82, 2.24) is 14.5 Å². The first-order chi connectivity index (χ1) is 12.9. The first-order valence-electron chi connectivity index (χ1n) is 8.81. The summed E-state index contributed by atoms with van der Waals surface area (Å²) in [6.07, 6.45) is -2.65. The zero-order valence-corrected chi connectivity index (χ0v) is 14.9. The van der Waals surface area contributed by atoms with Gasteiger partial charge in [-0.2, -0.15) is 13.2 Å². The Kier molecular flexibility index (Phi) is 4.65. The van der Waals surface area contributed by atoms with Gasteiger partial charge in [0.1, 0.15) is 0 Å². The molecule has 0 radical (unpaired) electrons. The molecule has 1 saturated heterocycles. The molecule has 3 aromatic rings. The lowest BCUT2D eigenvalue weighted by Crippen LogP contribution is -2.37. The van der Waals surface area contributed by atoms with Gasteiger partial charge < -0.3 is 9.30 Å². The van der Waals surface area contributed by atoms with Crippen LogP contribution < -0.4 is 0 Å². The Balaban J connectivity index is 1.50. The second-order valence-corrected chi connectivity index (χ2v) is 6.90. The van der Waals surface area contributed by atoms with Crippen LogP contribution >= 0.6 is 0 Å². The van der Waals surface area contributed by atoms with Crippen LogP contribution in [0.2, 0.25) is 0 Å². The maximum atomic E-state index is 12.9. The van der Waals surface area contributed by atoms with Gasteiger partial charge in [0, 0.05) is 26.7 Å². The zero-order chi connectivity index (χ0) is 19.0. The largest absolute Gasteiger partial charge is 0.416 e. The Labute approximate surface area is 155 Å². The number of aromatic nitrogens is 2. The van der Waals surface area contributed by atoms with Crippen molar-refractivity contribution in [1.29, 1.82) is 0 Å². The standard InChI is InChI=1S/C20H20F3N3O/c1-25-13-24-17-6-5-15(10-18(17)25)19-12-26(7-8-27-19)11-14-3-2-4-16(9-14)20(21,22)23/h2-6,9-10,13,19H,7-8,11-12H2,1H3/t19-/m0/s1. The third-order valence-corrected chi connectivity index (χ3v) is 4.93. The van der Waals surface area contributed by atoms with Crippen molar-refractivity contribution in [3.8, 4) is 0 Å². The van der Waals surface area contributed by atoms with E-state index in [9.17, 15) is 13.2 Å². The minimum atomic E-state index is -4.32. The van der Waals surface area contributed by atoms with Crippen molar-refractivity contribution in [3.63, 3.8) is 0 Å². The summed E-state index contributed by atoms with van der Waals surface area (Å²) in [5.41, 5.74) is 3.07. The molecule has 7 heteroatoms. The molecule has 0 aliphatic carbocycles. The van der Waals surface area contributed by atoms with Gasteiger partial charge in [-0.1, -0.05) is 24.3 Å². The Hall–Kier alpha value is -2.38. The van der Waals surface area contributed by atoms with Gasteiger partial charge >= 0.3 is 6.18 Å². The van der Waals surface area contributed by atoms with Gasteiger partial charge in [-0.25, -0.2) is 4.98 Å². The number of hydrogen-bond acceptors (Lipinski definition) is 3. The molecule has 1 fully saturated rings. The van der Waals surface area contributed by atoms with Crippen LogP contribution in [0.5, 0.6) is 0 Å². The van der Waals surface area contributed by atoms with Gasteiger partial charge in [-0.15, -0.1) is 0 Å². The summed E-state index contributed by atoms with van der Waals surface area (Å²) in [4.78, 5) is 6.46. The van der Waals surface area contributed by atoms with Crippen molar-refractivity contribution < 1.29 is 17.9 Å². The molecular formula is C20H20F3N3O. The number of hydrogen-bond donors (Lipinski definition) is 0. The second kappa shape index (κ2) is 6.98. The summed E-state index contributed by atoms with van der Waals surface area (Å²) in [6, 6.07) is 11.6. The number of alkyl halides is 3. The third-order valence-electron chi connectivity index (χ3n) is 4.93. The van der Waals surface area contributed by atoms with E-state index in [0.29, 0.717) is 31.8 Å². The van der Waals surface area contributed by atoms with E-state index >= 15 is 0 Å². The molecule has 0 N–H and O–H groups in total. The summed E-state index contributed by atoms with van der Waals surface area (Å²) in [6.45, 7) is 2.35. The highest BCUT2D eigenvalue weighted by Crippen LogP contribution is 2.30. The molecule has 0 amide bonds. The maximum absolute atomic E-state index is 12.9. The quantitative estimate of drug-likeness (QED) is 0.689. The minimum Gasteiger partial charge on any atom is -0.371 e. The fourth-order valence-corrected chi connectivity index (χ4v) is 3.50. The van der Waals surface area contributed by atoms with E-state index in [4.69, 9.17) is 4.74 Å². The molecule has 1 aliphatic heterocycles. The van der Waals surface area contributed by atoms with E-state index in [2.05, 4.69) is 16.0 Å². The van der Waals surface area contributed by atoms with Crippen molar-refractivity contribution in [2.75, 3.05) is 19.7 Å². The second-order valence-electron chi connectivity index (χ2n) is 6.90. The fourth-order valence-electron chi connectivity index (χ4n) is 3.50. The number of fused-ring (bicyclic) bond motifs is 1. The summed E-state index contributed by atoms with van der Waals surface area (Å²) < 4.78 is 46.7. The van der Waals surface area contributed by atoms with E-state index in [1.165, 1.54) is 12.1 Å². The molecule has 2 heterocycles. The predicted octanol–water partition coefficient (Wildman–Crippen LogP) is 4.17. The SMILES string of the molecule is Cn1cnc2ccc([C@@H]3CN(Cc4cccc(C(F)(F)F)c4)CCO3)cc21. The van der Waals surface area contributed by atoms with Crippen LogP contribution in [0.4, 0.5) is 13.2 Å². The van der Waals surface area contributed by atoms with Gasteiger partial charge in [-0.3, -0.25) is 4.90 Å². The Bertz CT molecular complexity index is 951. The van der Waals surface area contributed by atoms with Crippen LogP contribution in [0.3, 0.4) is 0 Å². The van der Waals surface area contributed by atoms with E-state index < -0.39 is 11.7 Å². The lowest BCUT2D eigenvalue weighted by Gasteiger charge is -2.33. The smallest absolute Gasteiger partial charge is 0.371 e. The van der Waals surface area contributed by atoms with E-state index in [-0.39, 0.29) is 6.10 Å². The lowest BCUT2D eigenvalue weighted by atomic mass is 10.1. The topological polar surface area (TPSA) is 30.3 Å².